The fourth-order valence-electron chi connectivity index (χ4n) is 3.02. The normalized spacial score (nSPS) is 11.4. The Balaban J connectivity index is 1.66. The van der Waals surface area contributed by atoms with E-state index in [1.807, 2.05) is 35.2 Å². The van der Waals surface area contributed by atoms with E-state index in [4.69, 9.17) is 16.0 Å². The van der Waals surface area contributed by atoms with Crippen LogP contribution in [-0.4, -0.2) is 4.98 Å². The second-order valence-electron chi connectivity index (χ2n) is 6.90. The summed E-state index contributed by atoms with van der Waals surface area (Å²) in [6, 6.07) is 14.4. The summed E-state index contributed by atoms with van der Waals surface area (Å²) in [5.41, 5.74) is 4.58. The number of rotatable bonds is 4. The molecule has 0 saturated heterocycles. The van der Waals surface area contributed by atoms with Crippen molar-refractivity contribution in [1.29, 1.82) is 0 Å². The van der Waals surface area contributed by atoms with Gasteiger partial charge >= 0.3 is 0 Å². The number of hydrogen-bond donors (Lipinski definition) is 0. The van der Waals surface area contributed by atoms with Crippen molar-refractivity contribution < 1.29 is 13.4 Å². The summed E-state index contributed by atoms with van der Waals surface area (Å²) in [4.78, 5) is 4.65. The number of halogens is 2. The maximum Gasteiger partial charge on any atom is 0.233 e. The Kier molecular flexibility index (Phi) is 4.66. The number of benzene rings is 2. The van der Waals surface area contributed by atoms with E-state index in [-0.39, 0.29) is 5.82 Å². The summed E-state index contributed by atoms with van der Waals surface area (Å²) >= 11 is 6.15. The highest BCUT2D eigenvalue weighted by Crippen LogP contribution is 2.26. The first-order valence-electron chi connectivity index (χ1n) is 8.83. The van der Waals surface area contributed by atoms with Gasteiger partial charge in [-0.3, -0.25) is 0 Å². The molecule has 136 valence electrons. The van der Waals surface area contributed by atoms with Crippen LogP contribution in [0.1, 0.15) is 30.9 Å². The molecule has 0 bridgehead atoms. The molecule has 2 aromatic carbocycles. The van der Waals surface area contributed by atoms with Gasteiger partial charge in [0.05, 0.1) is 5.02 Å². The fraction of sp³-hybridized carbons (Fsp3) is 0.182. The van der Waals surface area contributed by atoms with Gasteiger partial charge in [-0.15, -0.1) is 0 Å². The minimum atomic E-state index is -0.338. The molecule has 4 rings (SSSR count). The van der Waals surface area contributed by atoms with Gasteiger partial charge in [0.2, 0.25) is 5.89 Å². The molecule has 3 nitrogen and oxygen atoms in total. The van der Waals surface area contributed by atoms with E-state index in [2.05, 4.69) is 31.0 Å². The molecule has 5 heteroatoms. The van der Waals surface area contributed by atoms with Gasteiger partial charge < -0.3 is 4.42 Å². The monoisotopic (exact) mass is 381 g/mol. The number of fused-ring (bicyclic) bond motifs is 1. The van der Waals surface area contributed by atoms with Crippen molar-refractivity contribution in [3.05, 3.63) is 82.9 Å². The van der Waals surface area contributed by atoms with E-state index >= 15 is 0 Å². The van der Waals surface area contributed by atoms with Crippen LogP contribution in [-0.2, 0) is 6.54 Å². The van der Waals surface area contributed by atoms with Gasteiger partial charge in [-0.2, -0.15) is 4.57 Å². The third-order valence-corrected chi connectivity index (χ3v) is 4.90. The van der Waals surface area contributed by atoms with Crippen LogP contribution >= 0.6 is 11.6 Å². The Hall–Kier alpha value is -2.72. The first kappa shape index (κ1) is 17.7. The zero-order valence-corrected chi connectivity index (χ0v) is 15.9. The molecular formula is C22H19ClFN2O+. The third-order valence-electron chi connectivity index (χ3n) is 4.55. The topological polar surface area (TPSA) is 29.9 Å². The lowest BCUT2D eigenvalue weighted by Crippen LogP contribution is -2.33. The molecule has 0 fully saturated rings. The second kappa shape index (κ2) is 7.12. The summed E-state index contributed by atoms with van der Waals surface area (Å²) in [6.45, 7) is 4.84. The van der Waals surface area contributed by atoms with Crippen LogP contribution in [0.2, 0.25) is 5.02 Å². The third kappa shape index (κ3) is 3.71. The van der Waals surface area contributed by atoms with E-state index in [1.54, 1.807) is 6.07 Å². The molecule has 2 aromatic heterocycles. The van der Waals surface area contributed by atoms with Crippen molar-refractivity contribution >= 4 is 22.7 Å². The molecule has 0 saturated carbocycles. The van der Waals surface area contributed by atoms with Gasteiger partial charge in [0, 0.05) is 11.6 Å². The molecule has 0 N–H and O–H groups in total. The summed E-state index contributed by atoms with van der Waals surface area (Å²) < 4.78 is 21.1. The maximum absolute atomic E-state index is 13.2. The van der Waals surface area contributed by atoms with Crippen molar-refractivity contribution in [1.82, 2.24) is 4.98 Å². The van der Waals surface area contributed by atoms with Gasteiger partial charge in [-0.1, -0.05) is 31.5 Å². The van der Waals surface area contributed by atoms with E-state index in [0.29, 0.717) is 23.4 Å². The molecule has 4 aromatic rings. The zero-order valence-electron chi connectivity index (χ0n) is 15.1. The van der Waals surface area contributed by atoms with Crippen LogP contribution in [0.15, 0.2) is 65.3 Å². The average molecular weight is 382 g/mol. The molecule has 0 aliphatic rings. The summed E-state index contributed by atoms with van der Waals surface area (Å²) in [5.74, 6) is 0.675. The maximum atomic E-state index is 13.2. The highest BCUT2D eigenvalue weighted by Gasteiger charge is 2.14. The Morgan fingerprint density at radius 2 is 2.00 bits per heavy atom. The quantitative estimate of drug-likeness (QED) is 0.421. The van der Waals surface area contributed by atoms with E-state index in [0.717, 1.165) is 22.2 Å². The van der Waals surface area contributed by atoms with Crippen LogP contribution < -0.4 is 4.57 Å². The Labute approximate surface area is 162 Å². The van der Waals surface area contributed by atoms with E-state index < -0.39 is 0 Å². The van der Waals surface area contributed by atoms with Crippen molar-refractivity contribution in [3.63, 3.8) is 0 Å². The zero-order chi connectivity index (χ0) is 19.0. The predicted molar refractivity (Wildman–Crippen MR) is 104 cm³/mol. The van der Waals surface area contributed by atoms with Crippen LogP contribution in [0.3, 0.4) is 0 Å². The molecule has 0 atom stereocenters. The van der Waals surface area contributed by atoms with Crippen molar-refractivity contribution in [2.75, 3.05) is 0 Å². The molecule has 0 spiro atoms. The Morgan fingerprint density at radius 3 is 2.78 bits per heavy atom. The van der Waals surface area contributed by atoms with Crippen LogP contribution in [0.4, 0.5) is 4.39 Å². The van der Waals surface area contributed by atoms with E-state index in [1.165, 1.54) is 17.7 Å². The van der Waals surface area contributed by atoms with Crippen molar-refractivity contribution in [2.24, 2.45) is 0 Å². The lowest BCUT2D eigenvalue weighted by atomic mass is 10.0. The predicted octanol–water partition coefficient (Wildman–Crippen LogP) is 5.75. The lowest BCUT2D eigenvalue weighted by molar-refractivity contribution is -0.687. The first-order chi connectivity index (χ1) is 13.0. The van der Waals surface area contributed by atoms with Gasteiger partial charge in [0.25, 0.3) is 0 Å². The van der Waals surface area contributed by atoms with E-state index in [9.17, 15) is 4.39 Å². The van der Waals surface area contributed by atoms with Gasteiger partial charge in [0.15, 0.2) is 24.5 Å². The minimum absolute atomic E-state index is 0.338. The number of oxazole rings is 1. The van der Waals surface area contributed by atoms with Crippen LogP contribution in [0.25, 0.3) is 22.6 Å². The molecule has 0 aliphatic carbocycles. The average Bonchev–Trinajstić information content (AvgIpc) is 3.07. The van der Waals surface area contributed by atoms with Gasteiger partial charge in [-0.25, -0.2) is 9.37 Å². The number of aromatic nitrogens is 2. The number of nitrogens with zero attached hydrogens (tertiary/aromatic N) is 2. The van der Waals surface area contributed by atoms with Gasteiger partial charge in [0.1, 0.15) is 16.9 Å². The molecule has 2 heterocycles. The van der Waals surface area contributed by atoms with Crippen molar-refractivity contribution in [3.8, 4) is 11.5 Å². The van der Waals surface area contributed by atoms with Crippen LogP contribution in [0, 0.1) is 5.82 Å². The largest absolute Gasteiger partial charge is 0.436 e. The summed E-state index contributed by atoms with van der Waals surface area (Å²) in [5, 5.41) is 0.413. The summed E-state index contributed by atoms with van der Waals surface area (Å²) in [7, 11) is 0. The highest BCUT2D eigenvalue weighted by atomic mass is 35.5. The number of hydrogen-bond acceptors (Lipinski definition) is 2. The highest BCUT2D eigenvalue weighted by molar-refractivity contribution is 6.31. The minimum Gasteiger partial charge on any atom is -0.436 e. The lowest BCUT2D eigenvalue weighted by Gasteiger charge is -2.02. The molecule has 0 aliphatic heterocycles. The SMILES string of the molecule is CC(C)c1ccc2oc(-c3ccc[n+](Cc4ccc(F)cc4Cl)c3)nc2c1. The standard InChI is InChI=1S/C22H19ClFN2O/c1-14(2)15-6-8-21-20(10-15)25-22(27-21)17-4-3-9-26(13-17)12-16-5-7-18(24)11-19(16)23/h3-11,13-14H,12H2,1-2H3/q+1. The first-order valence-corrected chi connectivity index (χ1v) is 9.21. The summed E-state index contributed by atoms with van der Waals surface area (Å²) in [6.07, 6.45) is 3.89. The smallest absolute Gasteiger partial charge is 0.233 e. The molecule has 0 radical (unpaired) electrons. The number of pyridine rings is 1. The Morgan fingerprint density at radius 1 is 1.15 bits per heavy atom. The molecule has 0 unspecified atom stereocenters. The second-order valence-corrected chi connectivity index (χ2v) is 7.31. The van der Waals surface area contributed by atoms with Crippen molar-refractivity contribution in [2.45, 2.75) is 26.3 Å². The van der Waals surface area contributed by atoms with Crippen LogP contribution in [0.5, 0.6) is 0 Å². The van der Waals surface area contributed by atoms with Gasteiger partial charge in [-0.05, 0) is 47.9 Å². The fourth-order valence-corrected chi connectivity index (χ4v) is 3.25. The Bertz CT molecular complexity index is 1120. The molecule has 0 amide bonds. The molecule has 27 heavy (non-hydrogen) atoms. The molecular weight excluding hydrogens is 363 g/mol.